The van der Waals surface area contributed by atoms with E-state index in [0.717, 1.165) is 38.5 Å². The van der Waals surface area contributed by atoms with E-state index in [-0.39, 0.29) is 18.5 Å². The van der Waals surface area contributed by atoms with Crippen LogP contribution in [0.15, 0.2) is 12.2 Å². The number of aliphatic hydroxyl groups is 2. The maximum Gasteiger partial charge on any atom is 0.305 e. The Bertz CT molecular complexity index is 1240. The number of allylic oxidation sites excluding steroid dienone is 1. The van der Waals surface area contributed by atoms with Gasteiger partial charge in [-0.3, -0.25) is 9.59 Å². The van der Waals surface area contributed by atoms with Gasteiger partial charge in [0.1, 0.15) is 0 Å². The van der Waals surface area contributed by atoms with Crippen LogP contribution in [0, 0.1) is 0 Å². The fraction of sp³-hybridized carbons (Fsp3) is 0.947. The Balaban J connectivity index is 3.37. The highest BCUT2D eigenvalue weighted by Gasteiger charge is 2.18. The molecule has 2 atom stereocenters. The summed E-state index contributed by atoms with van der Waals surface area (Å²) >= 11 is 0. The van der Waals surface area contributed by atoms with E-state index in [2.05, 4.69) is 19.2 Å². The van der Waals surface area contributed by atoms with Crippen LogP contribution in [0.4, 0.5) is 0 Å². The first-order chi connectivity index (χ1) is 40.5. The van der Waals surface area contributed by atoms with E-state index in [0.29, 0.717) is 19.4 Å². The number of ether oxygens (including phenoxy) is 1. The van der Waals surface area contributed by atoms with Crippen molar-refractivity contribution in [1.29, 1.82) is 0 Å². The van der Waals surface area contributed by atoms with Crippen molar-refractivity contribution in [2.75, 3.05) is 13.2 Å². The molecule has 6 nitrogen and oxygen atoms in total. The minimum absolute atomic E-state index is 0.0205. The van der Waals surface area contributed by atoms with Gasteiger partial charge in [-0.15, -0.1) is 0 Å². The van der Waals surface area contributed by atoms with Crippen LogP contribution >= 0.6 is 0 Å². The zero-order chi connectivity index (χ0) is 59.2. The smallest absolute Gasteiger partial charge is 0.305 e. The average Bonchev–Trinajstić information content (AvgIpc) is 3.48. The van der Waals surface area contributed by atoms with Crippen molar-refractivity contribution >= 4 is 11.9 Å². The van der Waals surface area contributed by atoms with E-state index < -0.39 is 12.1 Å². The molecule has 0 saturated carbocycles. The van der Waals surface area contributed by atoms with Crippen molar-refractivity contribution in [2.45, 2.75) is 450 Å². The third-order valence-corrected chi connectivity index (χ3v) is 18.1. The van der Waals surface area contributed by atoms with Crippen LogP contribution in [0.5, 0.6) is 0 Å². The zero-order valence-corrected chi connectivity index (χ0v) is 56.0. The van der Waals surface area contributed by atoms with Gasteiger partial charge < -0.3 is 20.3 Å². The van der Waals surface area contributed by atoms with Crippen molar-refractivity contribution in [3.63, 3.8) is 0 Å². The maximum absolute atomic E-state index is 12.5. The van der Waals surface area contributed by atoms with E-state index in [9.17, 15) is 19.8 Å². The second-order valence-corrected chi connectivity index (χ2v) is 26.4. The molecular formula is C76H149NO5. The van der Waals surface area contributed by atoms with Crippen molar-refractivity contribution < 1.29 is 24.5 Å². The van der Waals surface area contributed by atoms with Gasteiger partial charge in [-0.1, -0.05) is 405 Å². The first-order valence-electron chi connectivity index (χ1n) is 38.0. The van der Waals surface area contributed by atoms with Gasteiger partial charge in [0.25, 0.3) is 0 Å². The summed E-state index contributed by atoms with van der Waals surface area (Å²) in [6.07, 6.45) is 90.3. The molecule has 0 saturated heterocycles. The van der Waals surface area contributed by atoms with Gasteiger partial charge >= 0.3 is 5.97 Å². The van der Waals surface area contributed by atoms with Gasteiger partial charge in [-0.2, -0.15) is 0 Å². The van der Waals surface area contributed by atoms with Crippen molar-refractivity contribution in [3.05, 3.63) is 12.2 Å². The highest BCUT2D eigenvalue weighted by molar-refractivity contribution is 5.76. The number of hydrogen-bond acceptors (Lipinski definition) is 5. The molecule has 0 aromatic carbocycles. The van der Waals surface area contributed by atoms with Crippen molar-refractivity contribution in [3.8, 4) is 0 Å². The molecule has 0 fully saturated rings. The Morgan fingerprint density at radius 3 is 0.829 bits per heavy atom. The highest BCUT2D eigenvalue weighted by Crippen LogP contribution is 2.20. The molecule has 82 heavy (non-hydrogen) atoms. The molecule has 0 rings (SSSR count). The third kappa shape index (κ3) is 67.7. The molecule has 0 bridgehead atoms. The van der Waals surface area contributed by atoms with Gasteiger partial charge in [-0.25, -0.2) is 0 Å². The molecule has 3 N–H and O–H groups in total. The lowest BCUT2D eigenvalue weighted by Gasteiger charge is -2.20. The van der Waals surface area contributed by atoms with Crippen LogP contribution in [0.25, 0.3) is 0 Å². The number of esters is 1. The van der Waals surface area contributed by atoms with Gasteiger partial charge in [-0.05, 0) is 32.1 Å². The van der Waals surface area contributed by atoms with Gasteiger partial charge in [0, 0.05) is 12.8 Å². The van der Waals surface area contributed by atoms with Crippen LogP contribution in [-0.2, 0) is 14.3 Å². The van der Waals surface area contributed by atoms with E-state index >= 15 is 0 Å². The number of aliphatic hydroxyl groups excluding tert-OH is 2. The Labute approximate surface area is 514 Å². The Hall–Kier alpha value is -1.40. The largest absolute Gasteiger partial charge is 0.466 e. The quantitative estimate of drug-likeness (QED) is 0.0320. The van der Waals surface area contributed by atoms with Crippen LogP contribution < -0.4 is 5.32 Å². The van der Waals surface area contributed by atoms with E-state index in [4.69, 9.17) is 4.74 Å². The predicted octanol–water partition coefficient (Wildman–Crippen LogP) is 24.7. The summed E-state index contributed by atoms with van der Waals surface area (Å²) in [7, 11) is 0. The first-order valence-corrected chi connectivity index (χ1v) is 38.0. The van der Waals surface area contributed by atoms with Crippen LogP contribution in [0.2, 0.25) is 0 Å². The van der Waals surface area contributed by atoms with Crippen LogP contribution in [0.1, 0.15) is 438 Å². The standard InChI is InChI=1S/C76H149NO5/c1-3-5-7-9-11-13-15-17-18-19-20-21-22-26-29-32-35-38-41-45-48-52-56-60-64-68-74(79)73(72-78)77-75(80)69-65-61-57-53-49-46-42-39-36-33-30-27-24-23-25-28-31-34-37-40-43-47-51-55-59-63-67-71-82-76(81)70-66-62-58-54-50-44-16-14-12-10-8-6-4-2/h64,68,73-74,78-79H,3-63,65-67,69-72H2,1-2H3,(H,77,80)/b68-64+. The fourth-order valence-corrected chi connectivity index (χ4v) is 12.3. The lowest BCUT2D eigenvalue weighted by molar-refractivity contribution is -0.143. The Morgan fingerprint density at radius 2 is 0.561 bits per heavy atom. The maximum atomic E-state index is 12.5. The van der Waals surface area contributed by atoms with E-state index in [1.807, 2.05) is 6.08 Å². The second-order valence-electron chi connectivity index (χ2n) is 26.4. The molecule has 0 aliphatic heterocycles. The summed E-state index contributed by atoms with van der Waals surface area (Å²) in [5, 5.41) is 23.3. The number of hydrogen-bond donors (Lipinski definition) is 3. The summed E-state index contributed by atoms with van der Waals surface area (Å²) < 4.78 is 5.49. The molecule has 2 unspecified atom stereocenters. The molecule has 0 aromatic heterocycles. The van der Waals surface area contributed by atoms with Crippen LogP contribution in [-0.4, -0.2) is 47.4 Å². The molecule has 0 radical (unpaired) electrons. The molecule has 0 heterocycles. The molecule has 6 heteroatoms. The highest BCUT2D eigenvalue weighted by atomic mass is 16.5. The Kier molecular flexibility index (Phi) is 70.8. The minimum atomic E-state index is -0.844. The minimum Gasteiger partial charge on any atom is -0.466 e. The molecule has 0 aliphatic carbocycles. The van der Waals surface area contributed by atoms with E-state index in [1.54, 1.807) is 6.08 Å². The fourth-order valence-electron chi connectivity index (χ4n) is 12.3. The second kappa shape index (κ2) is 72.1. The molecule has 0 spiro atoms. The van der Waals surface area contributed by atoms with Crippen molar-refractivity contribution in [1.82, 2.24) is 5.32 Å². The van der Waals surface area contributed by atoms with Crippen molar-refractivity contribution in [2.24, 2.45) is 0 Å². The molecule has 1 amide bonds. The summed E-state index contributed by atoms with van der Waals surface area (Å²) in [5.74, 6) is -0.0391. The van der Waals surface area contributed by atoms with Gasteiger partial charge in [0.05, 0.1) is 25.4 Å². The first kappa shape index (κ1) is 80.6. The topological polar surface area (TPSA) is 95.9 Å². The van der Waals surface area contributed by atoms with Crippen LogP contribution in [0.3, 0.4) is 0 Å². The monoisotopic (exact) mass is 1160 g/mol. The predicted molar refractivity (Wildman–Crippen MR) is 361 cm³/mol. The normalized spacial score (nSPS) is 12.5. The number of carbonyl (C=O) groups excluding carboxylic acids is 2. The number of nitrogens with one attached hydrogen (secondary N) is 1. The number of rotatable bonds is 72. The summed E-state index contributed by atoms with van der Waals surface area (Å²) in [6.45, 7) is 4.96. The number of amides is 1. The number of unbranched alkanes of at least 4 members (excludes halogenated alkanes) is 61. The Morgan fingerprint density at radius 1 is 0.329 bits per heavy atom. The van der Waals surface area contributed by atoms with Gasteiger partial charge in [0.15, 0.2) is 0 Å². The number of carbonyl (C=O) groups is 2. The zero-order valence-electron chi connectivity index (χ0n) is 56.0. The molecule has 488 valence electrons. The molecule has 0 aliphatic rings. The lowest BCUT2D eigenvalue weighted by atomic mass is 10.0. The average molecular weight is 1160 g/mol. The summed E-state index contributed by atoms with van der Waals surface area (Å²) in [6, 6.07) is -0.627. The molecular weight excluding hydrogens is 1010 g/mol. The van der Waals surface area contributed by atoms with E-state index in [1.165, 1.54) is 372 Å². The SMILES string of the molecule is CCCCCCCCCCCCCCCCCCCCCCCCC/C=C/C(O)C(CO)NC(=O)CCCCCCCCCCCCCCCCCCCCCCCCCCCCCOC(=O)CCCCCCCCCCCCCCC. The van der Waals surface area contributed by atoms with Gasteiger partial charge in [0.2, 0.25) is 5.91 Å². The summed E-state index contributed by atoms with van der Waals surface area (Å²) in [4.78, 5) is 24.6. The molecule has 0 aromatic rings. The summed E-state index contributed by atoms with van der Waals surface area (Å²) in [5.41, 5.74) is 0. The third-order valence-electron chi connectivity index (χ3n) is 18.1. The lowest BCUT2D eigenvalue weighted by Crippen LogP contribution is -2.45.